The summed E-state index contributed by atoms with van der Waals surface area (Å²) in [6, 6.07) is 19.6. The molecule has 2 unspecified atom stereocenters. The molecule has 0 aromatic heterocycles. The molecule has 0 fully saturated rings. The van der Waals surface area contributed by atoms with Crippen LogP contribution in [0.5, 0.6) is 5.75 Å². The molecule has 0 aliphatic rings. The average molecular weight is 596 g/mol. The quantitative estimate of drug-likeness (QED) is 0.228. The number of ether oxygens (including phenoxy) is 2. The van der Waals surface area contributed by atoms with Crippen molar-refractivity contribution >= 4 is 17.8 Å². The second kappa shape index (κ2) is 15.4. The third-order valence-corrected chi connectivity index (χ3v) is 6.56. The van der Waals surface area contributed by atoms with Crippen molar-refractivity contribution in [2.75, 3.05) is 13.2 Å². The Balaban J connectivity index is 1.89. The Morgan fingerprint density at radius 3 is 2.00 bits per heavy atom. The molecule has 0 radical (unpaired) electrons. The van der Waals surface area contributed by atoms with Crippen LogP contribution in [0.25, 0.3) is 0 Å². The maximum absolute atomic E-state index is 13.3. The van der Waals surface area contributed by atoms with Crippen molar-refractivity contribution in [3.63, 3.8) is 0 Å². The van der Waals surface area contributed by atoms with E-state index in [0.29, 0.717) is 28.7 Å². The first kappa shape index (κ1) is 32.7. The second-order valence-electron chi connectivity index (χ2n) is 9.59. The molecule has 0 saturated carbocycles. The van der Waals surface area contributed by atoms with Crippen LogP contribution < -0.4 is 15.4 Å². The van der Waals surface area contributed by atoms with E-state index in [4.69, 9.17) is 10.00 Å². The number of benzene rings is 3. The van der Waals surface area contributed by atoms with Gasteiger partial charge in [-0.1, -0.05) is 37.6 Å². The maximum Gasteiger partial charge on any atom is 0.573 e. The zero-order chi connectivity index (χ0) is 31.4. The highest BCUT2D eigenvalue weighted by atomic mass is 19.4. The summed E-state index contributed by atoms with van der Waals surface area (Å²) in [6.07, 6.45) is -3.48. The number of hydrogen-bond donors (Lipinski definition) is 2. The van der Waals surface area contributed by atoms with Crippen molar-refractivity contribution in [3.05, 3.63) is 101 Å². The molecular formula is C32H32F3N3O5. The summed E-state index contributed by atoms with van der Waals surface area (Å²) in [4.78, 5) is 37.4. The number of esters is 1. The maximum atomic E-state index is 13.3. The fraction of sp³-hybridized carbons (Fsp3) is 0.312. The number of carbonyl (C=O) groups excluding carboxylic acids is 3. The molecule has 0 saturated heterocycles. The Labute approximate surface area is 247 Å². The third-order valence-electron chi connectivity index (χ3n) is 6.56. The normalized spacial score (nSPS) is 12.4. The second-order valence-corrected chi connectivity index (χ2v) is 9.59. The predicted molar refractivity (Wildman–Crippen MR) is 152 cm³/mol. The topological polar surface area (TPSA) is 118 Å². The van der Waals surface area contributed by atoms with E-state index in [-0.39, 0.29) is 31.4 Å². The molecule has 0 aliphatic heterocycles. The zero-order valence-corrected chi connectivity index (χ0v) is 23.7. The number of alkyl halides is 3. The fourth-order valence-electron chi connectivity index (χ4n) is 4.55. The number of hydrogen-bond acceptors (Lipinski definition) is 6. The van der Waals surface area contributed by atoms with Gasteiger partial charge in [-0.15, -0.1) is 13.2 Å². The number of nitriles is 1. The lowest BCUT2D eigenvalue weighted by atomic mass is 9.83. The molecule has 0 aliphatic carbocycles. The van der Waals surface area contributed by atoms with Gasteiger partial charge >= 0.3 is 12.3 Å². The van der Waals surface area contributed by atoms with E-state index in [1.807, 2.05) is 13.0 Å². The van der Waals surface area contributed by atoms with Gasteiger partial charge in [-0.25, -0.2) is 0 Å². The van der Waals surface area contributed by atoms with Crippen molar-refractivity contribution in [1.82, 2.24) is 10.6 Å². The van der Waals surface area contributed by atoms with Gasteiger partial charge in [-0.05, 0) is 73.0 Å². The highest BCUT2D eigenvalue weighted by Gasteiger charge is 2.32. The van der Waals surface area contributed by atoms with Gasteiger partial charge in [0.15, 0.2) is 0 Å². The van der Waals surface area contributed by atoms with Gasteiger partial charge in [-0.3, -0.25) is 14.4 Å². The molecule has 226 valence electrons. The number of halogens is 3. The number of nitrogens with zero attached hydrogens (tertiary/aromatic N) is 1. The molecule has 0 spiro atoms. The highest BCUT2D eigenvalue weighted by molar-refractivity contribution is 5.95. The summed E-state index contributed by atoms with van der Waals surface area (Å²) in [5, 5.41) is 14.8. The van der Waals surface area contributed by atoms with Gasteiger partial charge in [0.05, 0.1) is 30.7 Å². The van der Waals surface area contributed by atoms with Crippen LogP contribution in [-0.4, -0.2) is 37.3 Å². The Morgan fingerprint density at radius 1 is 0.860 bits per heavy atom. The monoisotopic (exact) mass is 595 g/mol. The minimum absolute atomic E-state index is 0.0453. The van der Waals surface area contributed by atoms with Gasteiger partial charge in [-0.2, -0.15) is 5.26 Å². The molecule has 43 heavy (non-hydrogen) atoms. The number of nitrogens with one attached hydrogen (secondary N) is 2. The van der Waals surface area contributed by atoms with Crippen molar-refractivity contribution in [2.24, 2.45) is 0 Å². The number of amides is 2. The van der Waals surface area contributed by atoms with E-state index in [1.54, 1.807) is 31.2 Å². The van der Waals surface area contributed by atoms with Crippen LogP contribution in [0.1, 0.15) is 82.5 Å². The Hall–Kier alpha value is -4.85. The summed E-state index contributed by atoms with van der Waals surface area (Å²) in [6.45, 7) is 4.05. The Kier molecular flexibility index (Phi) is 11.7. The summed E-state index contributed by atoms with van der Waals surface area (Å²) in [5.41, 5.74) is 2.42. The first-order valence-electron chi connectivity index (χ1n) is 13.7. The summed E-state index contributed by atoms with van der Waals surface area (Å²) >= 11 is 0. The van der Waals surface area contributed by atoms with E-state index in [0.717, 1.165) is 12.0 Å². The Bertz CT molecular complexity index is 1420. The molecule has 2 atom stereocenters. The minimum atomic E-state index is -4.84. The lowest BCUT2D eigenvalue weighted by Crippen LogP contribution is -2.33. The lowest BCUT2D eigenvalue weighted by Gasteiger charge is -2.29. The zero-order valence-electron chi connectivity index (χ0n) is 23.7. The molecule has 3 aromatic rings. The molecule has 0 bridgehead atoms. The van der Waals surface area contributed by atoms with Crippen molar-refractivity contribution in [1.29, 1.82) is 5.26 Å². The van der Waals surface area contributed by atoms with Crippen LogP contribution in [0.2, 0.25) is 0 Å². The first-order valence-corrected chi connectivity index (χ1v) is 13.7. The van der Waals surface area contributed by atoms with E-state index >= 15 is 0 Å². The average Bonchev–Trinajstić information content (AvgIpc) is 2.98. The van der Waals surface area contributed by atoms with Crippen LogP contribution >= 0.6 is 0 Å². The highest BCUT2D eigenvalue weighted by Crippen LogP contribution is 2.36. The number of rotatable bonds is 13. The summed E-state index contributed by atoms with van der Waals surface area (Å²) in [5.74, 6) is -1.91. The summed E-state index contributed by atoms with van der Waals surface area (Å²) in [7, 11) is 0. The minimum Gasteiger partial charge on any atom is -0.466 e. The molecule has 3 aromatic carbocycles. The molecular weight excluding hydrogens is 563 g/mol. The smallest absolute Gasteiger partial charge is 0.466 e. The molecule has 11 heteroatoms. The van der Waals surface area contributed by atoms with Crippen LogP contribution in [0, 0.1) is 11.3 Å². The predicted octanol–water partition coefficient (Wildman–Crippen LogP) is 6.19. The van der Waals surface area contributed by atoms with Crippen molar-refractivity contribution < 1.29 is 37.0 Å². The van der Waals surface area contributed by atoms with Gasteiger partial charge in [0, 0.05) is 23.6 Å². The van der Waals surface area contributed by atoms with Gasteiger partial charge in [0.25, 0.3) is 11.8 Å². The van der Waals surface area contributed by atoms with E-state index in [9.17, 15) is 27.6 Å². The van der Waals surface area contributed by atoms with Crippen LogP contribution in [-0.2, 0) is 9.53 Å². The van der Waals surface area contributed by atoms with Crippen LogP contribution in [0.3, 0.4) is 0 Å². The van der Waals surface area contributed by atoms with Crippen LogP contribution in [0.4, 0.5) is 13.2 Å². The molecule has 2 amide bonds. The van der Waals surface area contributed by atoms with Crippen molar-refractivity contribution in [3.8, 4) is 11.8 Å². The van der Waals surface area contributed by atoms with Crippen molar-refractivity contribution in [2.45, 2.75) is 51.4 Å². The fourth-order valence-corrected chi connectivity index (χ4v) is 4.55. The molecule has 0 heterocycles. The van der Waals surface area contributed by atoms with E-state index < -0.39 is 30.0 Å². The first-order chi connectivity index (χ1) is 20.5. The molecule has 2 N–H and O–H groups in total. The SMILES string of the molecule is CCCC(c1ccc(C(=O)NCCC(=O)OCC)cc1)C(NC(=O)c1ccc(C#N)cc1)c1ccc(OC(F)(F)F)cc1. The van der Waals surface area contributed by atoms with E-state index in [2.05, 4.69) is 15.4 Å². The number of carbonyl (C=O) groups is 3. The van der Waals surface area contributed by atoms with Gasteiger partial charge in [0.2, 0.25) is 0 Å². The van der Waals surface area contributed by atoms with Gasteiger partial charge in [0.1, 0.15) is 5.75 Å². The standard InChI is InChI=1S/C32H32F3N3O5/c1-3-5-27(22-10-12-24(13-11-22)30(40)37-19-18-28(39)42-4-2)29(23-14-16-26(17-15-23)43-32(33,34)35)38-31(41)25-8-6-21(20-36)7-9-25/h6-17,27,29H,3-5,18-19H2,1-2H3,(H,37,40)(H,38,41). The Morgan fingerprint density at radius 2 is 1.44 bits per heavy atom. The van der Waals surface area contributed by atoms with E-state index in [1.165, 1.54) is 48.5 Å². The summed E-state index contributed by atoms with van der Waals surface area (Å²) < 4.78 is 47.1. The lowest BCUT2D eigenvalue weighted by molar-refractivity contribution is -0.274. The third kappa shape index (κ3) is 9.88. The largest absolute Gasteiger partial charge is 0.573 e. The molecule has 8 nitrogen and oxygen atoms in total. The molecule has 3 rings (SSSR count). The van der Waals surface area contributed by atoms with Crippen LogP contribution in [0.15, 0.2) is 72.8 Å². The van der Waals surface area contributed by atoms with Gasteiger partial charge < -0.3 is 20.1 Å².